The van der Waals surface area contributed by atoms with Crippen LogP contribution in [0.15, 0.2) is 0 Å². The molecule has 0 aliphatic carbocycles. The van der Waals surface area contributed by atoms with Crippen molar-refractivity contribution in [1.29, 1.82) is 0 Å². The summed E-state index contributed by atoms with van der Waals surface area (Å²) in [4.78, 5) is 23.9. The standard InChI is InChI=1S/C21H36O8/c1-13(2)15(22)28-19(5,6)17-24-9-21(10-25-17)11-26-18(27-12-21)20(7,8)29-16(23)14(3)4/h13-14,17-18H,9-12H2,1-8H3. The van der Waals surface area contributed by atoms with E-state index in [2.05, 4.69) is 0 Å². The van der Waals surface area contributed by atoms with Crippen LogP contribution in [0.4, 0.5) is 0 Å². The van der Waals surface area contributed by atoms with Crippen molar-refractivity contribution in [3.8, 4) is 0 Å². The van der Waals surface area contributed by atoms with Crippen LogP contribution in [0, 0.1) is 17.3 Å². The van der Waals surface area contributed by atoms with Crippen LogP contribution in [0.2, 0.25) is 0 Å². The Bertz CT molecular complexity index is 524. The summed E-state index contributed by atoms with van der Waals surface area (Å²) in [5, 5.41) is 0. The smallest absolute Gasteiger partial charge is 0.309 e. The molecule has 29 heavy (non-hydrogen) atoms. The van der Waals surface area contributed by atoms with Crippen LogP contribution in [0.3, 0.4) is 0 Å². The van der Waals surface area contributed by atoms with E-state index in [0.717, 1.165) is 0 Å². The molecule has 8 nitrogen and oxygen atoms in total. The van der Waals surface area contributed by atoms with Gasteiger partial charge in [-0.15, -0.1) is 0 Å². The highest BCUT2D eigenvalue weighted by Gasteiger charge is 2.49. The van der Waals surface area contributed by atoms with Crippen molar-refractivity contribution in [2.24, 2.45) is 17.3 Å². The molecule has 0 N–H and O–H groups in total. The number of hydrogen-bond donors (Lipinski definition) is 0. The van der Waals surface area contributed by atoms with Crippen LogP contribution >= 0.6 is 0 Å². The minimum Gasteiger partial charge on any atom is -0.454 e. The van der Waals surface area contributed by atoms with Crippen molar-refractivity contribution < 1.29 is 38.0 Å². The first kappa shape index (κ1) is 24.1. The summed E-state index contributed by atoms with van der Waals surface area (Å²) in [5.41, 5.74) is -2.27. The van der Waals surface area contributed by atoms with Gasteiger partial charge in [-0.2, -0.15) is 0 Å². The largest absolute Gasteiger partial charge is 0.454 e. The van der Waals surface area contributed by atoms with E-state index < -0.39 is 29.2 Å². The summed E-state index contributed by atoms with van der Waals surface area (Å²) >= 11 is 0. The van der Waals surface area contributed by atoms with Crippen LogP contribution in [-0.2, 0) is 38.0 Å². The third-order valence-corrected chi connectivity index (χ3v) is 4.97. The van der Waals surface area contributed by atoms with Gasteiger partial charge in [-0.1, -0.05) is 27.7 Å². The summed E-state index contributed by atoms with van der Waals surface area (Å²) in [7, 11) is 0. The quantitative estimate of drug-likeness (QED) is 0.611. The van der Waals surface area contributed by atoms with Crippen LogP contribution in [0.5, 0.6) is 0 Å². The van der Waals surface area contributed by atoms with Gasteiger partial charge in [0.1, 0.15) is 0 Å². The summed E-state index contributed by atoms with van der Waals surface area (Å²) < 4.78 is 34.6. The fourth-order valence-corrected chi connectivity index (χ4v) is 3.01. The fraction of sp³-hybridized carbons (Fsp3) is 0.905. The Hall–Kier alpha value is -1.22. The summed E-state index contributed by atoms with van der Waals surface area (Å²) in [5.74, 6) is -1.05. The molecule has 0 unspecified atom stereocenters. The van der Waals surface area contributed by atoms with Crippen LogP contribution in [0.25, 0.3) is 0 Å². The minimum absolute atomic E-state index is 0.227. The van der Waals surface area contributed by atoms with Gasteiger partial charge in [-0.3, -0.25) is 9.59 Å². The fourth-order valence-electron chi connectivity index (χ4n) is 3.01. The maximum atomic E-state index is 11.9. The van der Waals surface area contributed by atoms with Crippen molar-refractivity contribution in [3.63, 3.8) is 0 Å². The molecule has 0 atom stereocenters. The zero-order valence-corrected chi connectivity index (χ0v) is 18.9. The van der Waals surface area contributed by atoms with Crippen molar-refractivity contribution in [1.82, 2.24) is 0 Å². The average Bonchev–Trinajstić information content (AvgIpc) is 2.61. The molecule has 2 aliphatic rings. The summed E-state index contributed by atoms with van der Waals surface area (Å²) in [6.07, 6.45) is -1.34. The van der Waals surface area contributed by atoms with Gasteiger partial charge in [0.25, 0.3) is 0 Å². The first-order valence-electron chi connectivity index (χ1n) is 10.2. The molecule has 1 spiro atoms. The Morgan fingerprint density at radius 3 is 1.24 bits per heavy atom. The SMILES string of the molecule is CC(C)C(=O)OC(C)(C)C1OCC2(CO1)COC(C(C)(C)OC(=O)C(C)C)OC2. The van der Waals surface area contributed by atoms with Crippen LogP contribution in [-0.4, -0.2) is 62.1 Å². The number of carbonyl (C=O) groups is 2. The molecule has 0 aromatic rings. The third kappa shape index (κ3) is 5.90. The van der Waals surface area contributed by atoms with Gasteiger partial charge < -0.3 is 28.4 Å². The molecule has 0 saturated carbocycles. The topological polar surface area (TPSA) is 89.5 Å². The summed E-state index contributed by atoms with van der Waals surface area (Å²) in [6.45, 7) is 15.6. The molecule has 0 amide bonds. The highest BCUT2D eigenvalue weighted by molar-refractivity contribution is 5.72. The number of ether oxygens (including phenoxy) is 6. The Balaban J connectivity index is 1.89. The summed E-state index contributed by atoms with van der Waals surface area (Å²) in [6, 6.07) is 0. The lowest BCUT2D eigenvalue weighted by Gasteiger charge is -2.48. The molecule has 0 bridgehead atoms. The van der Waals surface area contributed by atoms with Gasteiger partial charge in [0, 0.05) is 0 Å². The zero-order chi connectivity index (χ0) is 22.0. The number of hydrogen-bond acceptors (Lipinski definition) is 8. The van der Waals surface area contributed by atoms with E-state index in [1.165, 1.54) is 0 Å². The van der Waals surface area contributed by atoms with E-state index >= 15 is 0 Å². The van der Waals surface area contributed by atoms with E-state index in [1.807, 2.05) is 0 Å². The van der Waals surface area contributed by atoms with Crippen LogP contribution in [0.1, 0.15) is 55.4 Å². The molecule has 0 aromatic carbocycles. The molecule has 2 rings (SSSR count). The monoisotopic (exact) mass is 416 g/mol. The molecule has 2 heterocycles. The second-order valence-electron chi connectivity index (χ2n) is 9.77. The predicted molar refractivity (Wildman–Crippen MR) is 104 cm³/mol. The van der Waals surface area contributed by atoms with E-state index in [0.29, 0.717) is 26.4 Å². The maximum Gasteiger partial charge on any atom is 0.309 e. The Morgan fingerprint density at radius 2 is 1.00 bits per heavy atom. The van der Waals surface area contributed by atoms with Crippen molar-refractivity contribution >= 4 is 11.9 Å². The van der Waals surface area contributed by atoms with Crippen LogP contribution < -0.4 is 0 Å². The second kappa shape index (κ2) is 8.88. The molecule has 2 saturated heterocycles. The van der Waals surface area contributed by atoms with Gasteiger partial charge in [0.2, 0.25) is 0 Å². The Morgan fingerprint density at radius 1 is 0.724 bits per heavy atom. The van der Waals surface area contributed by atoms with E-state index in [1.54, 1.807) is 55.4 Å². The molecule has 8 heteroatoms. The van der Waals surface area contributed by atoms with E-state index in [4.69, 9.17) is 28.4 Å². The van der Waals surface area contributed by atoms with Gasteiger partial charge in [0.05, 0.1) is 43.7 Å². The third-order valence-electron chi connectivity index (χ3n) is 4.97. The van der Waals surface area contributed by atoms with Crippen molar-refractivity contribution in [3.05, 3.63) is 0 Å². The Labute approximate surface area is 173 Å². The average molecular weight is 417 g/mol. The molecule has 168 valence electrons. The minimum atomic E-state index is -0.908. The number of carbonyl (C=O) groups excluding carboxylic acids is 2. The van der Waals surface area contributed by atoms with Gasteiger partial charge in [-0.25, -0.2) is 0 Å². The first-order chi connectivity index (χ1) is 13.3. The van der Waals surface area contributed by atoms with E-state index in [9.17, 15) is 9.59 Å². The number of esters is 2. The maximum absolute atomic E-state index is 11.9. The highest BCUT2D eigenvalue weighted by Crippen LogP contribution is 2.36. The second-order valence-corrected chi connectivity index (χ2v) is 9.77. The van der Waals surface area contributed by atoms with Gasteiger partial charge >= 0.3 is 11.9 Å². The van der Waals surface area contributed by atoms with Gasteiger partial charge in [-0.05, 0) is 27.7 Å². The lowest BCUT2D eigenvalue weighted by Crippen LogP contribution is -2.59. The number of rotatable bonds is 6. The lowest BCUT2D eigenvalue weighted by molar-refractivity contribution is -0.346. The van der Waals surface area contributed by atoms with E-state index in [-0.39, 0.29) is 23.8 Å². The van der Waals surface area contributed by atoms with Gasteiger partial charge in [0.15, 0.2) is 23.8 Å². The molecule has 0 radical (unpaired) electrons. The molecular weight excluding hydrogens is 380 g/mol. The Kier molecular flexibility index (Phi) is 7.36. The molecular formula is C21H36O8. The van der Waals surface area contributed by atoms with Crippen molar-refractivity contribution in [2.45, 2.75) is 79.2 Å². The zero-order valence-electron chi connectivity index (χ0n) is 18.9. The normalized spacial score (nSPS) is 28.6. The first-order valence-corrected chi connectivity index (χ1v) is 10.2. The van der Waals surface area contributed by atoms with Crippen molar-refractivity contribution in [2.75, 3.05) is 26.4 Å². The lowest BCUT2D eigenvalue weighted by atomic mass is 9.89. The molecule has 0 aromatic heterocycles. The molecule has 2 fully saturated rings. The molecule has 2 aliphatic heterocycles. The highest BCUT2D eigenvalue weighted by atomic mass is 16.7. The predicted octanol–water partition coefficient (Wildman–Crippen LogP) is 2.67.